The third-order valence-electron chi connectivity index (χ3n) is 7.34. The summed E-state index contributed by atoms with van der Waals surface area (Å²) in [5.41, 5.74) is 2.92. The number of carbonyl (C=O) groups is 1. The molecule has 1 heterocycles. The lowest BCUT2D eigenvalue weighted by Crippen LogP contribution is -2.42. The average molecular weight is 450 g/mol. The van der Waals surface area contributed by atoms with E-state index >= 15 is 0 Å². The average Bonchev–Trinajstić information content (AvgIpc) is 3.20. The number of amides is 1. The van der Waals surface area contributed by atoms with E-state index in [-0.39, 0.29) is 11.8 Å². The van der Waals surface area contributed by atoms with Gasteiger partial charge in [0.2, 0.25) is 5.91 Å². The van der Waals surface area contributed by atoms with E-state index in [9.17, 15) is 4.79 Å². The van der Waals surface area contributed by atoms with E-state index in [1.165, 1.54) is 38.5 Å². The molecule has 2 aromatic carbocycles. The molecule has 32 heavy (non-hydrogen) atoms. The summed E-state index contributed by atoms with van der Waals surface area (Å²) < 4.78 is 2.00. The maximum atomic E-state index is 13.9. The van der Waals surface area contributed by atoms with Crippen LogP contribution in [-0.4, -0.2) is 21.7 Å². The van der Waals surface area contributed by atoms with Crippen molar-refractivity contribution in [3.63, 3.8) is 0 Å². The highest BCUT2D eigenvalue weighted by molar-refractivity contribution is 6.30. The fourth-order valence-corrected chi connectivity index (χ4v) is 5.82. The number of hydrogen-bond acceptors (Lipinski definition) is 2. The van der Waals surface area contributed by atoms with Crippen LogP contribution in [0.3, 0.4) is 0 Å². The van der Waals surface area contributed by atoms with Crippen LogP contribution in [0.15, 0.2) is 48.5 Å². The first-order valence-electron chi connectivity index (χ1n) is 12.2. The van der Waals surface area contributed by atoms with Crippen molar-refractivity contribution in [2.45, 2.75) is 76.2 Å². The Labute approximate surface area is 195 Å². The molecule has 4 nitrogen and oxygen atoms in total. The van der Waals surface area contributed by atoms with Gasteiger partial charge in [-0.3, -0.25) is 4.79 Å². The first-order valence-corrected chi connectivity index (χ1v) is 12.6. The summed E-state index contributed by atoms with van der Waals surface area (Å²) >= 11 is 6.17. The maximum absolute atomic E-state index is 13.9. The summed E-state index contributed by atoms with van der Waals surface area (Å²) in [6.07, 6.45) is 11.8. The minimum Gasteiger partial charge on any atom is -0.353 e. The standard InChI is InChI=1S/C27H32ClN3O/c28-20-15-17-22(18-16-20)31-26(23-13-7-8-14-24(23)30-31)25(19-9-3-1-4-10-19)27(32)29-21-11-5-2-6-12-21/h7-8,13-19,21,25H,1-6,9-12H2,(H,29,32). The molecule has 0 spiro atoms. The van der Waals surface area contributed by atoms with E-state index in [1.807, 2.05) is 41.1 Å². The van der Waals surface area contributed by atoms with Crippen LogP contribution in [0.1, 0.15) is 75.8 Å². The van der Waals surface area contributed by atoms with E-state index in [4.69, 9.17) is 16.7 Å². The van der Waals surface area contributed by atoms with Gasteiger partial charge in [0.05, 0.1) is 22.8 Å². The summed E-state index contributed by atoms with van der Waals surface area (Å²) in [7, 11) is 0. The van der Waals surface area contributed by atoms with Gasteiger partial charge in [-0.25, -0.2) is 4.68 Å². The van der Waals surface area contributed by atoms with Crippen LogP contribution in [0.2, 0.25) is 5.02 Å². The fraction of sp³-hybridized carbons (Fsp3) is 0.481. The second kappa shape index (κ2) is 9.66. The number of rotatable bonds is 5. The minimum atomic E-state index is -0.194. The largest absolute Gasteiger partial charge is 0.353 e. The van der Waals surface area contributed by atoms with Crippen LogP contribution in [0.5, 0.6) is 0 Å². The Bertz CT molecular complexity index is 1060. The molecule has 3 aromatic rings. The molecule has 0 radical (unpaired) electrons. The molecule has 1 unspecified atom stereocenters. The Morgan fingerprint density at radius 3 is 2.28 bits per heavy atom. The van der Waals surface area contributed by atoms with Gasteiger partial charge in [-0.1, -0.05) is 68.3 Å². The molecule has 5 rings (SSSR count). The highest BCUT2D eigenvalue weighted by Gasteiger charge is 2.36. The van der Waals surface area contributed by atoms with Crippen LogP contribution in [0.25, 0.3) is 16.6 Å². The molecule has 168 valence electrons. The molecule has 2 fully saturated rings. The monoisotopic (exact) mass is 449 g/mol. The molecule has 2 aliphatic rings. The molecular formula is C27H32ClN3O. The van der Waals surface area contributed by atoms with Crippen molar-refractivity contribution in [1.82, 2.24) is 15.1 Å². The molecule has 2 aliphatic carbocycles. The zero-order valence-electron chi connectivity index (χ0n) is 18.6. The number of nitrogens with zero attached hydrogens (tertiary/aromatic N) is 2. The van der Waals surface area contributed by atoms with Gasteiger partial charge in [-0.05, 0) is 61.9 Å². The SMILES string of the molecule is O=C(NC1CCCCC1)C(c1c2ccccc2nn1-c1ccc(Cl)cc1)C1CCCCC1. The number of halogens is 1. The predicted molar refractivity (Wildman–Crippen MR) is 130 cm³/mol. The molecular weight excluding hydrogens is 418 g/mol. The minimum absolute atomic E-state index is 0.185. The number of carbonyl (C=O) groups excluding carboxylic acids is 1. The van der Waals surface area contributed by atoms with Gasteiger partial charge in [0.1, 0.15) is 0 Å². The summed E-state index contributed by atoms with van der Waals surface area (Å²) in [4.78, 5) is 13.9. The first kappa shape index (κ1) is 21.5. The van der Waals surface area contributed by atoms with E-state index in [0.717, 1.165) is 48.0 Å². The number of nitrogens with one attached hydrogen (secondary N) is 1. The Balaban J connectivity index is 1.60. The van der Waals surface area contributed by atoms with Gasteiger partial charge in [0.15, 0.2) is 0 Å². The van der Waals surface area contributed by atoms with Crippen molar-refractivity contribution in [3.05, 3.63) is 59.2 Å². The Morgan fingerprint density at radius 1 is 0.906 bits per heavy atom. The molecule has 1 N–H and O–H groups in total. The number of aromatic nitrogens is 2. The predicted octanol–water partition coefficient (Wildman–Crippen LogP) is 6.79. The van der Waals surface area contributed by atoms with Gasteiger partial charge in [-0.2, -0.15) is 5.10 Å². The molecule has 0 bridgehead atoms. The van der Waals surface area contributed by atoms with Crippen LogP contribution in [0, 0.1) is 5.92 Å². The number of fused-ring (bicyclic) bond motifs is 1. The lowest BCUT2D eigenvalue weighted by molar-refractivity contribution is -0.125. The molecule has 5 heteroatoms. The van der Waals surface area contributed by atoms with Crippen molar-refractivity contribution < 1.29 is 4.79 Å². The molecule has 2 saturated carbocycles. The van der Waals surface area contributed by atoms with Gasteiger partial charge in [0, 0.05) is 16.5 Å². The molecule has 1 atom stereocenters. The quantitative estimate of drug-likeness (QED) is 0.466. The van der Waals surface area contributed by atoms with Crippen molar-refractivity contribution in [3.8, 4) is 5.69 Å². The zero-order valence-corrected chi connectivity index (χ0v) is 19.4. The molecule has 1 aromatic heterocycles. The summed E-state index contributed by atoms with van der Waals surface area (Å²) in [5.74, 6) is 0.337. The van der Waals surface area contributed by atoms with Crippen molar-refractivity contribution >= 4 is 28.4 Å². The van der Waals surface area contributed by atoms with Crippen LogP contribution < -0.4 is 5.32 Å². The number of benzene rings is 2. The summed E-state index contributed by atoms with van der Waals surface area (Å²) in [6.45, 7) is 0. The second-order valence-corrected chi connectivity index (χ2v) is 9.95. The van der Waals surface area contributed by atoms with Gasteiger partial charge in [-0.15, -0.1) is 0 Å². The Hall–Kier alpha value is -2.33. The highest BCUT2D eigenvalue weighted by Crippen LogP contribution is 2.40. The smallest absolute Gasteiger partial charge is 0.229 e. The lowest BCUT2D eigenvalue weighted by atomic mass is 9.77. The summed E-state index contributed by atoms with van der Waals surface area (Å²) in [5, 5.41) is 10.2. The summed E-state index contributed by atoms with van der Waals surface area (Å²) in [6, 6.07) is 16.3. The second-order valence-electron chi connectivity index (χ2n) is 9.51. The topological polar surface area (TPSA) is 46.9 Å². The van der Waals surface area contributed by atoms with Crippen LogP contribution in [0.4, 0.5) is 0 Å². The van der Waals surface area contributed by atoms with Gasteiger partial charge >= 0.3 is 0 Å². The van der Waals surface area contributed by atoms with Crippen LogP contribution in [-0.2, 0) is 4.79 Å². The zero-order chi connectivity index (χ0) is 21.9. The van der Waals surface area contributed by atoms with Crippen molar-refractivity contribution in [2.75, 3.05) is 0 Å². The molecule has 0 saturated heterocycles. The normalized spacial score (nSPS) is 19.2. The molecule has 0 aliphatic heterocycles. The van der Waals surface area contributed by atoms with E-state index < -0.39 is 0 Å². The first-order chi connectivity index (χ1) is 15.7. The van der Waals surface area contributed by atoms with E-state index in [2.05, 4.69) is 17.4 Å². The van der Waals surface area contributed by atoms with E-state index in [0.29, 0.717) is 17.0 Å². The lowest BCUT2D eigenvalue weighted by Gasteiger charge is -2.32. The number of hydrogen-bond donors (Lipinski definition) is 1. The molecule has 1 amide bonds. The van der Waals surface area contributed by atoms with Gasteiger partial charge < -0.3 is 5.32 Å². The fourth-order valence-electron chi connectivity index (χ4n) is 5.70. The Morgan fingerprint density at radius 2 is 1.56 bits per heavy atom. The van der Waals surface area contributed by atoms with Gasteiger partial charge in [0.25, 0.3) is 0 Å². The maximum Gasteiger partial charge on any atom is 0.229 e. The third kappa shape index (κ3) is 4.43. The van der Waals surface area contributed by atoms with Crippen LogP contribution >= 0.6 is 11.6 Å². The Kier molecular flexibility index (Phi) is 6.49. The van der Waals surface area contributed by atoms with E-state index in [1.54, 1.807) is 0 Å². The highest BCUT2D eigenvalue weighted by atomic mass is 35.5. The third-order valence-corrected chi connectivity index (χ3v) is 7.59. The van der Waals surface area contributed by atoms with Crippen molar-refractivity contribution in [2.24, 2.45) is 5.92 Å². The van der Waals surface area contributed by atoms with Crippen molar-refractivity contribution in [1.29, 1.82) is 0 Å².